The molecule has 0 unspecified atom stereocenters. The average molecular weight is 288 g/mol. The Morgan fingerprint density at radius 1 is 1.29 bits per heavy atom. The van der Waals surface area contributed by atoms with Gasteiger partial charge in [0.15, 0.2) is 0 Å². The maximum atomic E-state index is 12.3. The summed E-state index contributed by atoms with van der Waals surface area (Å²) in [5.41, 5.74) is 2.67. The summed E-state index contributed by atoms with van der Waals surface area (Å²) >= 11 is 0. The van der Waals surface area contributed by atoms with Gasteiger partial charge in [-0.25, -0.2) is 0 Å². The van der Waals surface area contributed by atoms with E-state index in [0.717, 1.165) is 16.5 Å². The molecule has 0 saturated heterocycles. The molecule has 0 spiro atoms. The zero-order valence-electron chi connectivity index (χ0n) is 12.6. The molecule has 1 N–H and O–H groups in total. The molecule has 1 amide bonds. The largest absolute Gasteiger partial charge is 0.469 e. The minimum Gasteiger partial charge on any atom is -0.469 e. The summed E-state index contributed by atoms with van der Waals surface area (Å²) in [6.45, 7) is 2.53. The Bertz CT molecular complexity index is 661. The second-order valence-corrected chi connectivity index (χ2v) is 5.18. The van der Waals surface area contributed by atoms with Crippen molar-refractivity contribution in [2.75, 3.05) is 20.7 Å². The molecule has 0 aliphatic carbocycles. The van der Waals surface area contributed by atoms with Crippen molar-refractivity contribution in [3.05, 3.63) is 35.5 Å². The molecule has 0 saturated carbocycles. The van der Waals surface area contributed by atoms with E-state index in [1.54, 1.807) is 11.9 Å². The normalized spacial score (nSPS) is 10.6. The number of aryl methyl sites for hydroxylation is 1. The number of methoxy groups -OCH3 is 1. The lowest BCUT2D eigenvalue weighted by Gasteiger charge is -2.15. The van der Waals surface area contributed by atoms with Gasteiger partial charge in [-0.1, -0.05) is 12.1 Å². The van der Waals surface area contributed by atoms with Gasteiger partial charge in [0, 0.05) is 30.9 Å². The van der Waals surface area contributed by atoms with Crippen LogP contribution < -0.4 is 0 Å². The first-order valence-corrected chi connectivity index (χ1v) is 6.93. The van der Waals surface area contributed by atoms with Crippen LogP contribution in [0.5, 0.6) is 0 Å². The van der Waals surface area contributed by atoms with Crippen molar-refractivity contribution >= 4 is 22.8 Å². The molecule has 0 aliphatic heterocycles. The molecule has 0 aliphatic rings. The fourth-order valence-electron chi connectivity index (χ4n) is 2.23. The summed E-state index contributed by atoms with van der Waals surface area (Å²) in [6.07, 6.45) is 0.911. The molecule has 0 radical (unpaired) electrons. The number of fused-ring (bicyclic) bond motifs is 1. The third-order valence-electron chi connectivity index (χ3n) is 3.46. The van der Waals surface area contributed by atoms with Crippen LogP contribution in [0.3, 0.4) is 0 Å². The minimum atomic E-state index is -0.253. The van der Waals surface area contributed by atoms with E-state index in [1.165, 1.54) is 7.11 Å². The predicted molar refractivity (Wildman–Crippen MR) is 81.2 cm³/mol. The smallest absolute Gasteiger partial charge is 0.305 e. The Morgan fingerprint density at radius 3 is 2.76 bits per heavy atom. The second-order valence-electron chi connectivity index (χ2n) is 5.18. The lowest BCUT2D eigenvalue weighted by molar-refractivity contribution is -0.140. The van der Waals surface area contributed by atoms with Crippen LogP contribution >= 0.6 is 0 Å². The zero-order chi connectivity index (χ0) is 15.4. The zero-order valence-corrected chi connectivity index (χ0v) is 12.6. The van der Waals surface area contributed by atoms with Crippen molar-refractivity contribution in [2.24, 2.45) is 0 Å². The third kappa shape index (κ3) is 3.62. The summed E-state index contributed by atoms with van der Waals surface area (Å²) in [5.74, 6) is -0.328. The summed E-state index contributed by atoms with van der Waals surface area (Å²) in [5, 5.41) is 1.02. The van der Waals surface area contributed by atoms with Crippen molar-refractivity contribution in [1.82, 2.24) is 9.88 Å². The molecule has 2 aromatic rings. The van der Waals surface area contributed by atoms with Gasteiger partial charge in [0.25, 0.3) is 5.91 Å². The van der Waals surface area contributed by atoms with Gasteiger partial charge in [0.1, 0.15) is 5.69 Å². The number of hydrogen-bond donors (Lipinski definition) is 1. The van der Waals surface area contributed by atoms with Gasteiger partial charge < -0.3 is 14.6 Å². The molecule has 112 valence electrons. The van der Waals surface area contributed by atoms with Gasteiger partial charge in [-0.2, -0.15) is 0 Å². The first-order chi connectivity index (χ1) is 10.0. The lowest BCUT2D eigenvalue weighted by Crippen LogP contribution is -2.28. The maximum absolute atomic E-state index is 12.3. The molecular weight excluding hydrogens is 268 g/mol. The fraction of sp³-hybridized carbons (Fsp3) is 0.375. The quantitative estimate of drug-likeness (QED) is 0.860. The van der Waals surface area contributed by atoms with Crippen LogP contribution in [0.4, 0.5) is 0 Å². The monoisotopic (exact) mass is 288 g/mol. The van der Waals surface area contributed by atoms with Crippen molar-refractivity contribution in [1.29, 1.82) is 0 Å². The number of ether oxygens (including phenoxy) is 1. The van der Waals surface area contributed by atoms with Gasteiger partial charge in [-0.15, -0.1) is 0 Å². The summed E-state index contributed by atoms with van der Waals surface area (Å²) in [6, 6.07) is 7.89. The number of carbonyl (C=O) groups excluding carboxylic acids is 2. The molecule has 1 aromatic carbocycles. The maximum Gasteiger partial charge on any atom is 0.305 e. The topological polar surface area (TPSA) is 62.4 Å². The third-order valence-corrected chi connectivity index (χ3v) is 3.46. The number of benzene rings is 1. The first-order valence-electron chi connectivity index (χ1n) is 6.93. The number of rotatable bonds is 5. The highest BCUT2D eigenvalue weighted by atomic mass is 16.5. The van der Waals surface area contributed by atoms with Crippen LogP contribution in [-0.2, 0) is 9.53 Å². The molecule has 1 heterocycles. The van der Waals surface area contributed by atoms with Crippen LogP contribution in [0.2, 0.25) is 0 Å². The number of esters is 1. The molecule has 2 rings (SSSR count). The number of H-pyrrole nitrogens is 1. The Labute approximate surface area is 123 Å². The van der Waals surface area contributed by atoms with Gasteiger partial charge in [-0.05, 0) is 31.0 Å². The Balaban J connectivity index is 2.02. The lowest BCUT2D eigenvalue weighted by atomic mass is 10.2. The standard InChI is InChI=1S/C16H20N2O3/c1-11-6-7-12-10-14(17-13(12)9-11)16(20)18(2)8-4-5-15(19)21-3/h6-7,9-10,17H,4-5,8H2,1-3H3. The van der Waals surface area contributed by atoms with Crippen LogP contribution in [0, 0.1) is 6.92 Å². The van der Waals surface area contributed by atoms with E-state index in [1.807, 2.05) is 31.2 Å². The summed E-state index contributed by atoms with van der Waals surface area (Å²) in [4.78, 5) is 28.1. The molecule has 5 heteroatoms. The van der Waals surface area contributed by atoms with E-state index in [-0.39, 0.29) is 11.9 Å². The Hall–Kier alpha value is -2.30. The minimum absolute atomic E-state index is 0.0753. The van der Waals surface area contributed by atoms with E-state index >= 15 is 0 Å². The first kappa shape index (κ1) is 15.1. The molecule has 0 bridgehead atoms. The molecule has 21 heavy (non-hydrogen) atoms. The van der Waals surface area contributed by atoms with Crippen LogP contribution in [-0.4, -0.2) is 42.5 Å². The van der Waals surface area contributed by atoms with Gasteiger partial charge >= 0.3 is 5.97 Å². The Morgan fingerprint density at radius 2 is 2.05 bits per heavy atom. The number of aromatic amines is 1. The van der Waals surface area contributed by atoms with Crippen molar-refractivity contribution < 1.29 is 14.3 Å². The number of amides is 1. The van der Waals surface area contributed by atoms with Crippen LogP contribution in [0.25, 0.3) is 10.9 Å². The predicted octanol–water partition coefficient (Wildman–Crippen LogP) is 2.50. The van der Waals surface area contributed by atoms with E-state index < -0.39 is 0 Å². The molecule has 1 aromatic heterocycles. The van der Waals surface area contributed by atoms with Crippen LogP contribution in [0.15, 0.2) is 24.3 Å². The number of carbonyl (C=O) groups is 2. The number of nitrogens with one attached hydrogen (secondary N) is 1. The van der Waals surface area contributed by atoms with Gasteiger partial charge in [0.05, 0.1) is 7.11 Å². The van der Waals surface area contributed by atoms with E-state index in [9.17, 15) is 9.59 Å². The molecule has 5 nitrogen and oxygen atoms in total. The fourth-order valence-corrected chi connectivity index (χ4v) is 2.23. The Kier molecular flexibility index (Phi) is 4.62. The molecular formula is C16H20N2O3. The van der Waals surface area contributed by atoms with Crippen molar-refractivity contribution in [3.63, 3.8) is 0 Å². The second kappa shape index (κ2) is 6.43. The van der Waals surface area contributed by atoms with E-state index in [4.69, 9.17) is 0 Å². The van der Waals surface area contributed by atoms with Gasteiger partial charge in [0.2, 0.25) is 0 Å². The average Bonchev–Trinajstić information content (AvgIpc) is 2.88. The van der Waals surface area contributed by atoms with Crippen molar-refractivity contribution in [2.45, 2.75) is 19.8 Å². The highest BCUT2D eigenvalue weighted by Crippen LogP contribution is 2.17. The summed E-state index contributed by atoms with van der Waals surface area (Å²) in [7, 11) is 3.10. The van der Waals surface area contributed by atoms with E-state index in [2.05, 4.69) is 9.72 Å². The number of hydrogen-bond acceptors (Lipinski definition) is 3. The molecule has 0 fully saturated rings. The SMILES string of the molecule is COC(=O)CCCN(C)C(=O)c1cc2ccc(C)cc2[nH]1. The van der Waals surface area contributed by atoms with Gasteiger partial charge in [-0.3, -0.25) is 9.59 Å². The molecule has 0 atom stereocenters. The van der Waals surface area contributed by atoms with E-state index in [0.29, 0.717) is 25.1 Å². The summed E-state index contributed by atoms with van der Waals surface area (Å²) < 4.78 is 4.58. The number of aromatic nitrogens is 1. The highest BCUT2D eigenvalue weighted by molar-refractivity contribution is 5.98. The van der Waals surface area contributed by atoms with Crippen LogP contribution in [0.1, 0.15) is 28.9 Å². The van der Waals surface area contributed by atoms with Crippen molar-refractivity contribution in [3.8, 4) is 0 Å². The number of nitrogens with zero attached hydrogens (tertiary/aromatic N) is 1. The highest BCUT2D eigenvalue weighted by Gasteiger charge is 2.14.